The summed E-state index contributed by atoms with van der Waals surface area (Å²) in [5.74, 6) is -6.84. The highest BCUT2D eigenvalue weighted by atomic mass is 16.9. The molecule has 0 saturated carbocycles. The molecule has 0 aliphatic carbocycles. The van der Waals surface area contributed by atoms with Crippen LogP contribution in [-0.2, 0) is 56.6 Å². The second-order valence-electron chi connectivity index (χ2n) is 9.36. The number of methoxy groups -OCH3 is 3. The van der Waals surface area contributed by atoms with Crippen LogP contribution in [0.1, 0.15) is 38.5 Å². The summed E-state index contributed by atoms with van der Waals surface area (Å²) in [5.41, 5.74) is 0. The molecule has 6 heterocycles. The molecule has 6 fully saturated rings. The van der Waals surface area contributed by atoms with Crippen LogP contribution in [0.5, 0.6) is 0 Å². The van der Waals surface area contributed by atoms with Gasteiger partial charge in [-0.05, 0) is 0 Å². The van der Waals surface area contributed by atoms with E-state index in [1.165, 1.54) is 0 Å². The van der Waals surface area contributed by atoms with Gasteiger partial charge >= 0.3 is 7.32 Å². The second-order valence-corrected chi connectivity index (χ2v) is 9.36. The zero-order valence-electron chi connectivity index (χ0n) is 20.0. The molecule has 0 spiro atoms. The van der Waals surface area contributed by atoms with E-state index in [0.29, 0.717) is 78.2 Å². The van der Waals surface area contributed by atoms with Crippen LogP contribution in [0.3, 0.4) is 0 Å². The average molecular weight is 488 g/mol. The minimum absolute atomic E-state index is 0.487. The Labute approximate surface area is 198 Å². The predicted molar refractivity (Wildman–Crippen MR) is 110 cm³/mol. The largest absolute Gasteiger partial charge is 0.646 e. The number of rotatable bonds is 12. The minimum atomic E-state index is -1.32. The van der Waals surface area contributed by atoms with E-state index in [4.69, 9.17) is 56.6 Å². The average Bonchev–Trinajstić information content (AvgIpc) is 2.65. The molecule has 0 bridgehead atoms. The van der Waals surface area contributed by atoms with Gasteiger partial charge in [0.1, 0.15) is 0 Å². The molecule has 0 aromatic carbocycles. The maximum Gasteiger partial charge on any atom is 0.646 e. The fourth-order valence-electron chi connectivity index (χ4n) is 5.56. The van der Waals surface area contributed by atoms with Crippen molar-refractivity contribution in [3.05, 3.63) is 0 Å². The Morgan fingerprint density at radius 1 is 0.412 bits per heavy atom. The van der Waals surface area contributed by atoms with Crippen molar-refractivity contribution in [2.45, 2.75) is 73.2 Å². The highest BCUT2D eigenvalue weighted by Gasteiger charge is 2.72. The smallest absolute Gasteiger partial charge is 0.352 e. The Hall–Kier alpha value is -0.415. The highest BCUT2D eigenvalue weighted by Crippen LogP contribution is 2.53. The number of ether oxygens (including phenoxy) is 9. The normalized spacial score (nSPS) is 49.5. The van der Waals surface area contributed by atoms with Gasteiger partial charge in [-0.15, -0.1) is 0 Å². The molecule has 13 heteroatoms. The van der Waals surface area contributed by atoms with Crippen molar-refractivity contribution < 1.29 is 56.6 Å². The highest BCUT2D eigenvalue weighted by molar-refractivity contribution is 6.37. The zero-order valence-corrected chi connectivity index (χ0v) is 20.0. The third-order valence-electron chi connectivity index (χ3n) is 8.19. The molecular weight excluding hydrogens is 455 g/mol. The summed E-state index contributed by atoms with van der Waals surface area (Å²) < 4.78 is 71.8. The molecule has 12 nitrogen and oxygen atoms in total. The summed E-state index contributed by atoms with van der Waals surface area (Å²) in [5, 5.41) is 0. The SMILES string of the molecule is COC1(C2(OB(OC3(C4(OC)CCO4)CCO3)OC3(C4(OC)CCO4)CCO3)CCO2)CCO1. The van der Waals surface area contributed by atoms with Gasteiger partial charge < -0.3 is 56.6 Å². The van der Waals surface area contributed by atoms with E-state index in [2.05, 4.69) is 0 Å². The van der Waals surface area contributed by atoms with Crippen molar-refractivity contribution in [2.75, 3.05) is 61.0 Å². The Kier molecular flexibility index (Phi) is 5.85. The molecule has 6 aliphatic heterocycles. The topological polar surface area (TPSA) is 111 Å². The van der Waals surface area contributed by atoms with Gasteiger partial charge in [-0.3, -0.25) is 0 Å². The van der Waals surface area contributed by atoms with Crippen LogP contribution in [-0.4, -0.2) is 103 Å². The Bertz CT molecular complexity index is 638. The maximum atomic E-state index is 6.45. The second kappa shape index (κ2) is 8.30. The van der Waals surface area contributed by atoms with Crippen LogP contribution in [0, 0.1) is 0 Å². The molecular formula is C21H33BO12. The Morgan fingerprint density at radius 2 is 0.618 bits per heavy atom. The summed E-state index contributed by atoms with van der Waals surface area (Å²) in [7, 11) is 3.39. The van der Waals surface area contributed by atoms with E-state index in [0.717, 1.165) is 0 Å². The first-order valence-electron chi connectivity index (χ1n) is 12.0. The molecule has 34 heavy (non-hydrogen) atoms. The molecule has 6 rings (SSSR count). The van der Waals surface area contributed by atoms with E-state index in [1.807, 2.05) is 0 Å². The fourth-order valence-corrected chi connectivity index (χ4v) is 5.56. The molecule has 6 unspecified atom stereocenters. The van der Waals surface area contributed by atoms with Crippen LogP contribution in [0.15, 0.2) is 0 Å². The van der Waals surface area contributed by atoms with E-state index in [9.17, 15) is 0 Å². The van der Waals surface area contributed by atoms with Crippen molar-refractivity contribution in [3.8, 4) is 0 Å². The fraction of sp³-hybridized carbons (Fsp3) is 1.00. The van der Waals surface area contributed by atoms with Crippen molar-refractivity contribution in [1.82, 2.24) is 0 Å². The summed E-state index contributed by atoms with van der Waals surface area (Å²) in [6.45, 7) is 3.07. The first kappa shape index (κ1) is 24.0. The lowest BCUT2D eigenvalue weighted by molar-refractivity contribution is -0.493. The van der Waals surface area contributed by atoms with Crippen LogP contribution < -0.4 is 0 Å². The van der Waals surface area contributed by atoms with Gasteiger partial charge in [-0.25, -0.2) is 0 Å². The maximum absolute atomic E-state index is 6.45. The van der Waals surface area contributed by atoms with E-state index >= 15 is 0 Å². The molecule has 6 aliphatic rings. The molecule has 0 radical (unpaired) electrons. The van der Waals surface area contributed by atoms with Gasteiger partial charge in [0.05, 0.1) is 39.6 Å². The Morgan fingerprint density at radius 3 is 0.735 bits per heavy atom. The first-order chi connectivity index (χ1) is 16.5. The molecule has 6 atom stereocenters. The van der Waals surface area contributed by atoms with E-state index in [1.54, 1.807) is 21.3 Å². The molecule has 192 valence electrons. The van der Waals surface area contributed by atoms with E-state index < -0.39 is 42.0 Å². The van der Waals surface area contributed by atoms with Gasteiger partial charge in [0.15, 0.2) is 0 Å². The zero-order chi connectivity index (χ0) is 23.5. The van der Waals surface area contributed by atoms with Gasteiger partial charge in [-0.2, -0.15) is 0 Å². The van der Waals surface area contributed by atoms with Crippen LogP contribution in [0.2, 0.25) is 0 Å². The van der Waals surface area contributed by atoms with Crippen molar-refractivity contribution in [1.29, 1.82) is 0 Å². The van der Waals surface area contributed by atoms with Crippen LogP contribution >= 0.6 is 0 Å². The van der Waals surface area contributed by atoms with Gasteiger partial charge in [0.25, 0.3) is 0 Å². The molecule has 0 N–H and O–H groups in total. The standard InChI is InChI=1S/C21H33BO12/c1-23-16(4-10-26-16)19(7-13-29-19)32-22(33-20(8-14-30-20)17(24-2)5-11-27-17)34-21(9-15-31-21)18(25-3)6-12-28-18/h4-15H2,1-3H3. The first-order valence-corrected chi connectivity index (χ1v) is 12.0. The lowest BCUT2D eigenvalue weighted by atomic mass is 9.86. The lowest BCUT2D eigenvalue weighted by Crippen LogP contribution is -2.77. The van der Waals surface area contributed by atoms with Gasteiger partial charge in [0.2, 0.25) is 34.7 Å². The monoisotopic (exact) mass is 488 g/mol. The van der Waals surface area contributed by atoms with Gasteiger partial charge in [0, 0.05) is 59.9 Å². The minimum Gasteiger partial charge on any atom is -0.352 e. The molecule has 0 aromatic rings. The summed E-state index contributed by atoms with van der Waals surface area (Å²) in [6, 6.07) is 0. The predicted octanol–water partition coefficient (Wildman–Crippen LogP) is 0.660. The van der Waals surface area contributed by atoms with Gasteiger partial charge in [-0.1, -0.05) is 0 Å². The third-order valence-corrected chi connectivity index (χ3v) is 8.19. The molecule has 6 saturated heterocycles. The van der Waals surface area contributed by atoms with Crippen molar-refractivity contribution in [3.63, 3.8) is 0 Å². The quantitative estimate of drug-likeness (QED) is 0.360. The van der Waals surface area contributed by atoms with Crippen molar-refractivity contribution >= 4 is 7.32 Å². The van der Waals surface area contributed by atoms with Crippen LogP contribution in [0.25, 0.3) is 0 Å². The molecule has 0 amide bonds. The van der Waals surface area contributed by atoms with E-state index in [-0.39, 0.29) is 0 Å². The van der Waals surface area contributed by atoms with Crippen LogP contribution in [0.4, 0.5) is 0 Å². The number of hydrogen-bond acceptors (Lipinski definition) is 12. The Balaban J connectivity index is 1.30. The number of hydrogen-bond donors (Lipinski definition) is 0. The summed E-state index contributed by atoms with van der Waals surface area (Å²) in [6.07, 6.45) is 3.41. The summed E-state index contributed by atoms with van der Waals surface area (Å²) in [4.78, 5) is 0. The molecule has 0 aromatic heterocycles. The third kappa shape index (κ3) is 3.04. The summed E-state index contributed by atoms with van der Waals surface area (Å²) >= 11 is 0. The lowest BCUT2D eigenvalue weighted by Gasteiger charge is -2.61. The van der Waals surface area contributed by atoms with Crippen molar-refractivity contribution in [2.24, 2.45) is 0 Å².